The topological polar surface area (TPSA) is 273 Å². The van der Waals surface area contributed by atoms with Gasteiger partial charge in [0.1, 0.15) is 18.1 Å². The minimum absolute atomic E-state index is 0.0414. The maximum atomic E-state index is 12.6. The van der Waals surface area contributed by atoms with Gasteiger partial charge in [-0.15, -0.1) is 0 Å². The largest absolute Gasteiger partial charge is 0.481 e. The molecule has 0 bridgehead atoms. The van der Waals surface area contributed by atoms with Gasteiger partial charge in [-0.25, -0.2) is 4.79 Å². The van der Waals surface area contributed by atoms with Crippen LogP contribution >= 0.6 is 0 Å². The Morgan fingerprint density at radius 2 is 1.53 bits per heavy atom. The average molecular weight is 461 g/mol. The van der Waals surface area contributed by atoms with Crippen LogP contribution in [-0.4, -0.2) is 88.3 Å². The van der Waals surface area contributed by atoms with E-state index in [4.69, 9.17) is 22.3 Å². The molecule has 0 fully saturated rings. The third-order valence-electron chi connectivity index (χ3n) is 4.11. The standard InChI is InChI=1S/C17H31N7O8/c1-8(25)13(24-11(26)7-18)15(30)22-9(4-5-12(27)28)14(29)23-10(16(31)32)3-2-6-21-17(19)20/h8-10,13,25H,2-7,18H2,1H3,(H,22,30)(H,23,29)(H,24,26)(H,27,28)(H,31,32)(H4,19,20,21). The summed E-state index contributed by atoms with van der Waals surface area (Å²) in [6, 6.07) is -4.28. The summed E-state index contributed by atoms with van der Waals surface area (Å²) >= 11 is 0. The Kier molecular flexibility index (Phi) is 13.0. The third-order valence-corrected chi connectivity index (χ3v) is 4.11. The van der Waals surface area contributed by atoms with E-state index < -0.39 is 66.9 Å². The van der Waals surface area contributed by atoms with Crippen LogP contribution < -0.4 is 33.2 Å². The zero-order valence-electron chi connectivity index (χ0n) is 17.6. The van der Waals surface area contributed by atoms with Crippen molar-refractivity contribution >= 4 is 35.6 Å². The lowest BCUT2D eigenvalue weighted by molar-refractivity contribution is -0.143. The number of rotatable bonds is 15. The Morgan fingerprint density at radius 3 is 2.00 bits per heavy atom. The molecule has 15 heteroatoms. The van der Waals surface area contributed by atoms with Gasteiger partial charge in [0.25, 0.3) is 0 Å². The third kappa shape index (κ3) is 11.7. The molecule has 0 spiro atoms. The second-order valence-electron chi connectivity index (χ2n) is 6.83. The van der Waals surface area contributed by atoms with Crippen molar-refractivity contribution in [2.24, 2.45) is 22.2 Å². The number of aliphatic hydroxyl groups is 1. The fourth-order valence-electron chi connectivity index (χ4n) is 2.47. The molecule has 32 heavy (non-hydrogen) atoms. The highest BCUT2D eigenvalue weighted by Crippen LogP contribution is 2.05. The number of aliphatic hydroxyl groups excluding tert-OH is 1. The molecular weight excluding hydrogens is 430 g/mol. The monoisotopic (exact) mass is 461 g/mol. The Hall–Kier alpha value is -3.46. The van der Waals surface area contributed by atoms with Crippen molar-refractivity contribution in [3.05, 3.63) is 0 Å². The summed E-state index contributed by atoms with van der Waals surface area (Å²) in [5.41, 5.74) is 15.5. The Morgan fingerprint density at radius 1 is 0.938 bits per heavy atom. The maximum absolute atomic E-state index is 12.6. The number of carboxylic acids is 2. The summed E-state index contributed by atoms with van der Waals surface area (Å²) in [5, 5.41) is 34.6. The zero-order valence-corrected chi connectivity index (χ0v) is 17.6. The van der Waals surface area contributed by atoms with Crippen LogP contribution in [-0.2, 0) is 24.0 Å². The number of carbonyl (C=O) groups is 5. The van der Waals surface area contributed by atoms with E-state index in [2.05, 4.69) is 20.9 Å². The van der Waals surface area contributed by atoms with Crippen LogP contribution in [0.2, 0.25) is 0 Å². The second kappa shape index (κ2) is 14.5. The number of hydrogen-bond acceptors (Lipinski definition) is 8. The first-order valence-electron chi connectivity index (χ1n) is 9.67. The summed E-state index contributed by atoms with van der Waals surface area (Å²) in [6.45, 7) is 0.877. The zero-order chi connectivity index (χ0) is 24.8. The summed E-state index contributed by atoms with van der Waals surface area (Å²) < 4.78 is 0. The second-order valence-corrected chi connectivity index (χ2v) is 6.83. The lowest BCUT2D eigenvalue weighted by Gasteiger charge is -2.25. The molecule has 0 aliphatic rings. The molecular formula is C17H31N7O8. The number of carboxylic acid groups (broad SMARTS) is 2. The van der Waals surface area contributed by atoms with Gasteiger partial charge in [0, 0.05) is 13.0 Å². The molecule has 0 aromatic carbocycles. The van der Waals surface area contributed by atoms with E-state index in [0.717, 1.165) is 0 Å². The van der Waals surface area contributed by atoms with E-state index in [1.54, 1.807) is 0 Å². The summed E-state index contributed by atoms with van der Waals surface area (Å²) in [6.07, 6.45) is -2.08. The molecule has 0 aromatic rings. The lowest BCUT2D eigenvalue weighted by Crippen LogP contribution is -2.58. The van der Waals surface area contributed by atoms with E-state index in [9.17, 15) is 34.2 Å². The van der Waals surface area contributed by atoms with Crippen LogP contribution in [0.15, 0.2) is 4.99 Å². The van der Waals surface area contributed by atoms with Crippen LogP contribution in [0.3, 0.4) is 0 Å². The summed E-state index contributed by atoms with van der Waals surface area (Å²) in [4.78, 5) is 62.6. The highest BCUT2D eigenvalue weighted by molar-refractivity contribution is 5.94. The van der Waals surface area contributed by atoms with Gasteiger partial charge >= 0.3 is 11.9 Å². The van der Waals surface area contributed by atoms with Gasteiger partial charge in [0.2, 0.25) is 17.7 Å². The molecule has 0 saturated carbocycles. The first-order valence-corrected chi connectivity index (χ1v) is 9.67. The van der Waals surface area contributed by atoms with E-state index in [-0.39, 0.29) is 31.8 Å². The number of hydrogen-bond donors (Lipinski definition) is 9. The van der Waals surface area contributed by atoms with Crippen molar-refractivity contribution < 1.29 is 39.3 Å². The highest BCUT2D eigenvalue weighted by atomic mass is 16.4. The molecule has 3 amide bonds. The molecule has 0 rings (SSSR count). The predicted molar refractivity (Wildman–Crippen MR) is 111 cm³/mol. The van der Waals surface area contributed by atoms with Crippen molar-refractivity contribution in [3.63, 3.8) is 0 Å². The normalized spacial score (nSPS) is 14.2. The molecule has 182 valence electrons. The van der Waals surface area contributed by atoms with Gasteiger partial charge in [-0.2, -0.15) is 0 Å². The van der Waals surface area contributed by atoms with E-state index in [1.165, 1.54) is 6.92 Å². The molecule has 0 aliphatic heterocycles. The maximum Gasteiger partial charge on any atom is 0.326 e. The number of guanidine groups is 1. The van der Waals surface area contributed by atoms with Crippen LogP contribution in [0.5, 0.6) is 0 Å². The number of nitrogens with one attached hydrogen (secondary N) is 3. The first kappa shape index (κ1) is 28.5. The van der Waals surface area contributed by atoms with Crippen molar-refractivity contribution in [3.8, 4) is 0 Å². The highest BCUT2D eigenvalue weighted by Gasteiger charge is 2.31. The molecule has 0 heterocycles. The molecule has 4 unspecified atom stereocenters. The molecule has 0 radical (unpaired) electrons. The molecule has 12 N–H and O–H groups in total. The number of aliphatic carboxylic acids is 2. The first-order chi connectivity index (χ1) is 14.9. The van der Waals surface area contributed by atoms with Crippen molar-refractivity contribution in [1.82, 2.24) is 16.0 Å². The van der Waals surface area contributed by atoms with Gasteiger partial charge < -0.3 is 48.5 Å². The number of carbonyl (C=O) groups excluding carboxylic acids is 3. The number of aliphatic imine (C=N–C) groups is 1. The molecule has 0 aliphatic carbocycles. The smallest absolute Gasteiger partial charge is 0.326 e. The Balaban J connectivity index is 5.34. The fraction of sp³-hybridized carbons (Fsp3) is 0.647. The summed E-state index contributed by atoms with van der Waals surface area (Å²) in [7, 11) is 0. The van der Waals surface area contributed by atoms with Gasteiger partial charge in [-0.05, 0) is 26.2 Å². The summed E-state index contributed by atoms with van der Waals surface area (Å²) in [5.74, 6) is -5.47. The van der Waals surface area contributed by atoms with Crippen molar-refractivity contribution in [2.45, 2.75) is 56.8 Å². The average Bonchev–Trinajstić information content (AvgIpc) is 2.69. The molecule has 0 aromatic heterocycles. The number of amides is 3. The van der Waals surface area contributed by atoms with Crippen LogP contribution in [0.4, 0.5) is 0 Å². The minimum Gasteiger partial charge on any atom is -0.481 e. The minimum atomic E-state index is -1.47. The van der Waals surface area contributed by atoms with E-state index in [1.807, 2.05) is 0 Å². The lowest BCUT2D eigenvalue weighted by atomic mass is 10.1. The number of nitrogens with zero attached hydrogens (tertiary/aromatic N) is 1. The number of nitrogens with two attached hydrogens (primary N) is 3. The van der Waals surface area contributed by atoms with Gasteiger partial charge in [0.15, 0.2) is 5.96 Å². The van der Waals surface area contributed by atoms with Gasteiger partial charge in [0.05, 0.1) is 12.6 Å². The Labute approximate surface area is 183 Å². The van der Waals surface area contributed by atoms with Crippen LogP contribution in [0, 0.1) is 0 Å². The molecule has 15 nitrogen and oxygen atoms in total. The van der Waals surface area contributed by atoms with Crippen LogP contribution in [0.1, 0.15) is 32.6 Å². The molecule has 4 atom stereocenters. The fourth-order valence-corrected chi connectivity index (χ4v) is 2.47. The van der Waals surface area contributed by atoms with Gasteiger partial charge in [-0.1, -0.05) is 0 Å². The molecule has 0 saturated heterocycles. The van der Waals surface area contributed by atoms with E-state index in [0.29, 0.717) is 0 Å². The quantitative estimate of drug-likeness (QED) is 0.0640. The van der Waals surface area contributed by atoms with Crippen LogP contribution in [0.25, 0.3) is 0 Å². The Bertz CT molecular complexity index is 709. The van der Waals surface area contributed by atoms with Crippen molar-refractivity contribution in [2.75, 3.05) is 13.1 Å². The predicted octanol–water partition coefficient (Wildman–Crippen LogP) is -4.22. The van der Waals surface area contributed by atoms with Gasteiger partial charge in [-0.3, -0.25) is 24.2 Å². The SMILES string of the molecule is CC(O)C(NC(=O)CN)C(=O)NC(CCC(=O)O)C(=O)NC(CCCN=C(N)N)C(=O)O. The van der Waals surface area contributed by atoms with Crippen molar-refractivity contribution in [1.29, 1.82) is 0 Å². The van der Waals surface area contributed by atoms with E-state index >= 15 is 0 Å².